The summed E-state index contributed by atoms with van der Waals surface area (Å²) in [6.07, 6.45) is 0.898. The van der Waals surface area contributed by atoms with E-state index in [0.717, 1.165) is 28.3 Å². The second-order valence-corrected chi connectivity index (χ2v) is 9.41. The van der Waals surface area contributed by atoms with Gasteiger partial charge in [-0.2, -0.15) is 0 Å². The molecular weight excluding hydrogens is 402 g/mol. The van der Waals surface area contributed by atoms with Crippen LogP contribution in [0.4, 0.5) is 5.13 Å². The normalized spacial score (nSPS) is 11.5. The molecule has 0 radical (unpaired) electrons. The van der Waals surface area contributed by atoms with Crippen LogP contribution in [-0.2, 0) is 5.41 Å². The molecule has 0 aliphatic carbocycles. The van der Waals surface area contributed by atoms with Crippen molar-refractivity contribution in [3.8, 4) is 0 Å². The summed E-state index contributed by atoms with van der Waals surface area (Å²) in [7, 11) is 4.10. The minimum Gasteiger partial charge on any atom is -0.309 e. The van der Waals surface area contributed by atoms with E-state index in [1.165, 1.54) is 5.56 Å². The number of para-hydroxylation sites is 1. The van der Waals surface area contributed by atoms with Crippen molar-refractivity contribution in [3.05, 3.63) is 59.7 Å². The molecule has 0 saturated heterocycles. The highest BCUT2D eigenvalue weighted by molar-refractivity contribution is 7.22. The highest BCUT2D eigenvalue weighted by atomic mass is 35.5. The van der Waals surface area contributed by atoms with E-state index in [0.29, 0.717) is 12.1 Å². The van der Waals surface area contributed by atoms with Crippen molar-refractivity contribution >= 4 is 45.0 Å². The lowest BCUT2D eigenvalue weighted by Gasteiger charge is -2.22. The standard InChI is InChI=1S/C23H29N3OS.ClH/c1-23(2,3)18-13-11-17(12-14-18)21(27)26(16-8-15-25(4)5)22-24-19-9-6-7-10-20(19)28-22;/h6-7,9-14H,8,15-16H2,1-5H3;1H. The number of hydrogen-bond donors (Lipinski definition) is 0. The zero-order valence-electron chi connectivity index (χ0n) is 17.8. The Bertz CT molecular complexity index is 912. The summed E-state index contributed by atoms with van der Waals surface area (Å²) in [5.41, 5.74) is 2.94. The van der Waals surface area contributed by atoms with Gasteiger partial charge in [0, 0.05) is 12.1 Å². The Hall–Kier alpha value is -1.95. The van der Waals surface area contributed by atoms with Crippen molar-refractivity contribution in [2.75, 3.05) is 32.1 Å². The molecule has 3 aromatic rings. The zero-order valence-corrected chi connectivity index (χ0v) is 19.4. The largest absolute Gasteiger partial charge is 0.309 e. The minimum absolute atomic E-state index is 0. The Labute approximate surface area is 184 Å². The van der Waals surface area contributed by atoms with Gasteiger partial charge >= 0.3 is 0 Å². The van der Waals surface area contributed by atoms with Gasteiger partial charge in [0.2, 0.25) is 0 Å². The van der Waals surface area contributed by atoms with Gasteiger partial charge < -0.3 is 4.90 Å². The number of amides is 1. The molecule has 1 heterocycles. The Morgan fingerprint density at radius 1 is 1.00 bits per heavy atom. The van der Waals surface area contributed by atoms with Gasteiger partial charge in [0.1, 0.15) is 0 Å². The van der Waals surface area contributed by atoms with Gasteiger partial charge in [-0.3, -0.25) is 9.69 Å². The van der Waals surface area contributed by atoms with Crippen LogP contribution in [0.15, 0.2) is 48.5 Å². The number of halogens is 1. The first-order chi connectivity index (χ1) is 13.3. The maximum atomic E-state index is 13.3. The summed E-state index contributed by atoms with van der Waals surface area (Å²) in [4.78, 5) is 22.0. The molecule has 0 fully saturated rings. The minimum atomic E-state index is 0. The number of anilines is 1. The second-order valence-electron chi connectivity index (χ2n) is 8.41. The molecule has 0 N–H and O–H groups in total. The Kier molecular flexibility index (Phi) is 7.80. The molecule has 3 rings (SSSR count). The molecule has 0 bridgehead atoms. The lowest BCUT2D eigenvalue weighted by molar-refractivity contribution is 0.0986. The summed E-state index contributed by atoms with van der Waals surface area (Å²) in [6, 6.07) is 16.0. The maximum absolute atomic E-state index is 13.3. The Morgan fingerprint density at radius 2 is 1.66 bits per heavy atom. The topological polar surface area (TPSA) is 36.4 Å². The van der Waals surface area contributed by atoms with Crippen molar-refractivity contribution < 1.29 is 4.79 Å². The van der Waals surface area contributed by atoms with Crippen LogP contribution in [0.3, 0.4) is 0 Å². The molecule has 29 heavy (non-hydrogen) atoms. The van der Waals surface area contributed by atoms with E-state index in [2.05, 4.69) is 58.0 Å². The van der Waals surface area contributed by atoms with Crippen LogP contribution in [0.5, 0.6) is 0 Å². The predicted molar refractivity (Wildman–Crippen MR) is 127 cm³/mol. The summed E-state index contributed by atoms with van der Waals surface area (Å²) in [6.45, 7) is 8.12. The molecular formula is C23H30ClN3OS. The van der Waals surface area contributed by atoms with Gasteiger partial charge in [-0.1, -0.05) is 56.4 Å². The predicted octanol–water partition coefficient (Wildman–Crippen LogP) is 5.61. The van der Waals surface area contributed by atoms with Crippen LogP contribution in [-0.4, -0.2) is 43.0 Å². The highest BCUT2D eigenvalue weighted by Crippen LogP contribution is 2.30. The number of thiazole rings is 1. The van der Waals surface area contributed by atoms with Crippen molar-refractivity contribution in [1.82, 2.24) is 9.88 Å². The van der Waals surface area contributed by atoms with Crippen molar-refractivity contribution in [3.63, 3.8) is 0 Å². The number of rotatable bonds is 6. The SMILES string of the molecule is CN(C)CCCN(C(=O)c1ccc(C(C)(C)C)cc1)c1nc2ccccc2s1.Cl. The van der Waals surface area contributed by atoms with E-state index < -0.39 is 0 Å². The highest BCUT2D eigenvalue weighted by Gasteiger charge is 2.22. The van der Waals surface area contributed by atoms with E-state index in [9.17, 15) is 4.79 Å². The van der Waals surface area contributed by atoms with Crippen molar-refractivity contribution in [1.29, 1.82) is 0 Å². The fraction of sp³-hybridized carbons (Fsp3) is 0.391. The van der Waals surface area contributed by atoms with Crippen LogP contribution in [0.1, 0.15) is 43.1 Å². The smallest absolute Gasteiger partial charge is 0.260 e. The Morgan fingerprint density at radius 3 is 2.24 bits per heavy atom. The summed E-state index contributed by atoms with van der Waals surface area (Å²) in [5.74, 6) is 0.0123. The number of hydrogen-bond acceptors (Lipinski definition) is 4. The third-order valence-corrected chi connectivity index (χ3v) is 5.80. The lowest BCUT2D eigenvalue weighted by Crippen LogP contribution is -2.33. The van der Waals surface area contributed by atoms with Crippen LogP contribution >= 0.6 is 23.7 Å². The molecule has 0 atom stereocenters. The number of benzene rings is 2. The summed E-state index contributed by atoms with van der Waals surface area (Å²) >= 11 is 1.57. The number of carbonyl (C=O) groups excluding carboxylic acids is 1. The zero-order chi connectivity index (χ0) is 20.3. The van der Waals surface area contributed by atoms with Crippen LogP contribution in [0, 0.1) is 0 Å². The average molecular weight is 432 g/mol. The third kappa shape index (κ3) is 5.78. The fourth-order valence-corrected chi connectivity index (χ4v) is 4.06. The van der Waals surface area contributed by atoms with E-state index >= 15 is 0 Å². The lowest BCUT2D eigenvalue weighted by atomic mass is 9.86. The van der Waals surface area contributed by atoms with Gasteiger partial charge in [0.15, 0.2) is 5.13 Å². The molecule has 4 nitrogen and oxygen atoms in total. The molecule has 0 spiro atoms. The summed E-state index contributed by atoms with van der Waals surface area (Å²) < 4.78 is 1.10. The van der Waals surface area contributed by atoms with E-state index in [4.69, 9.17) is 4.98 Å². The van der Waals surface area contributed by atoms with Gasteiger partial charge in [-0.15, -0.1) is 12.4 Å². The molecule has 2 aromatic carbocycles. The van der Waals surface area contributed by atoms with E-state index in [-0.39, 0.29) is 23.7 Å². The average Bonchev–Trinajstić information content (AvgIpc) is 3.07. The van der Waals surface area contributed by atoms with Gasteiger partial charge in [0.05, 0.1) is 10.2 Å². The van der Waals surface area contributed by atoms with Crippen molar-refractivity contribution in [2.24, 2.45) is 0 Å². The monoisotopic (exact) mass is 431 g/mol. The number of aromatic nitrogens is 1. The van der Waals surface area contributed by atoms with Gasteiger partial charge in [0.25, 0.3) is 5.91 Å². The van der Waals surface area contributed by atoms with Crippen LogP contribution in [0.2, 0.25) is 0 Å². The number of carbonyl (C=O) groups is 1. The van der Waals surface area contributed by atoms with Crippen molar-refractivity contribution in [2.45, 2.75) is 32.6 Å². The third-order valence-electron chi connectivity index (χ3n) is 4.74. The maximum Gasteiger partial charge on any atom is 0.260 e. The van der Waals surface area contributed by atoms with Gasteiger partial charge in [-0.05, 0) is 62.3 Å². The van der Waals surface area contributed by atoms with E-state index in [1.54, 1.807) is 11.3 Å². The molecule has 1 aromatic heterocycles. The second kappa shape index (κ2) is 9.70. The number of fused-ring (bicyclic) bond motifs is 1. The molecule has 156 valence electrons. The first-order valence-corrected chi connectivity index (χ1v) is 10.5. The molecule has 0 unspecified atom stereocenters. The van der Waals surface area contributed by atoms with Crippen LogP contribution in [0.25, 0.3) is 10.2 Å². The molecule has 6 heteroatoms. The molecule has 0 aliphatic heterocycles. The first-order valence-electron chi connectivity index (χ1n) is 9.68. The Balaban J connectivity index is 0.00000300. The van der Waals surface area contributed by atoms with E-state index in [1.807, 2.05) is 35.2 Å². The molecule has 0 saturated carbocycles. The molecule has 0 aliphatic rings. The number of nitrogens with zero attached hydrogens (tertiary/aromatic N) is 3. The molecule has 1 amide bonds. The van der Waals surface area contributed by atoms with Gasteiger partial charge in [-0.25, -0.2) is 4.98 Å². The fourth-order valence-electron chi connectivity index (χ4n) is 3.07. The summed E-state index contributed by atoms with van der Waals surface area (Å²) in [5, 5.41) is 0.768. The quantitative estimate of drug-likeness (QED) is 0.508. The first kappa shape index (κ1) is 23.3. The van der Waals surface area contributed by atoms with Crippen LogP contribution < -0.4 is 4.90 Å².